The largest absolute Gasteiger partial charge is 0.372 e. The monoisotopic (exact) mass is 290 g/mol. The first-order chi connectivity index (χ1) is 9.86. The van der Waals surface area contributed by atoms with Gasteiger partial charge in [-0.25, -0.2) is 4.98 Å². The minimum atomic E-state index is -0.0152. The molecule has 106 valence electrons. The van der Waals surface area contributed by atoms with E-state index in [1.54, 1.807) is 23.7 Å². The molecule has 0 saturated carbocycles. The predicted octanol–water partition coefficient (Wildman–Crippen LogP) is 2.15. The van der Waals surface area contributed by atoms with E-state index in [1.807, 2.05) is 7.05 Å². The minimum Gasteiger partial charge on any atom is -0.372 e. The molecular formula is C14H18N4OS. The van der Waals surface area contributed by atoms with Crippen LogP contribution in [0.5, 0.6) is 0 Å². The van der Waals surface area contributed by atoms with Gasteiger partial charge >= 0.3 is 0 Å². The lowest BCUT2D eigenvalue weighted by atomic mass is 10.2. The Hall–Kier alpha value is -1.50. The number of thiophene rings is 1. The van der Waals surface area contributed by atoms with E-state index in [4.69, 9.17) is 4.74 Å². The molecule has 1 fully saturated rings. The summed E-state index contributed by atoms with van der Waals surface area (Å²) in [6, 6.07) is 2.18. The lowest BCUT2D eigenvalue weighted by Crippen LogP contribution is -2.38. The quantitative estimate of drug-likeness (QED) is 0.935. The topological polar surface area (TPSA) is 50.3 Å². The van der Waals surface area contributed by atoms with Gasteiger partial charge in [-0.1, -0.05) is 0 Å². The lowest BCUT2D eigenvalue weighted by molar-refractivity contribution is -0.0347. The summed E-state index contributed by atoms with van der Waals surface area (Å²) in [5, 5.41) is 7.40. The Morgan fingerprint density at radius 3 is 3.15 bits per heavy atom. The highest BCUT2D eigenvalue weighted by Crippen LogP contribution is 2.25. The normalized spacial score (nSPS) is 19.9. The summed E-state index contributed by atoms with van der Waals surface area (Å²) in [4.78, 5) is 11.1. The van der Waals surface area contributed by atoms with Gasteiger partial charge in [-0.3, -0.25) is 9.88 Å². The Kier molecular flexibility index (Phi) is 4.25. The number of nitrogens with zero attached hydrogens (tertiary/aromatic N) is 3. The maximum atomic E-state index is 5.87. The van der Waals surface area contributed by atoms with Gasteiger partial charge in [-0.2, -0.15) is 11.3 Å². The molecule has 0 spiro atoms. The van der Waals surface area contributed by atoms with Crippen molar-refractivity contribution in [2.24, 2.45) is 0 Å². The Balaban J connectivity index is 1.71. The van der Waals surface area contributed by atoms with Crippen molar-refractivity contribution in [3.63, 3.8) is 0 Å². The van der Waals surface area contributed by atoms with Gasteiger partial charge in [0.1, 0.15) is 17.6 Å². The maximum absolute atomic E-state index is 5.87. The molecule has 1 unspecified atom stereocenters. The van der Waals surface area contributed by atoms with E-state index in [0.717, 1.165) is 37.8 Å². The molecule has 1 atom stereocenters. The van der Waals surface area contributed by atoms with Crippen LogP contribution in [0.1, 0.15) is 17.4 Å². The van der Waals surface area contributed by atoms with Gasteiger partial charge in [-0.15, -0.1) is 0 Å². The fourth-order valence-electron chi connectivity index (χ4n) is 2.43. The van der Waals surface area contributed by atoms with E-state index >= 15 is 0 Å². The molecule has 1 aliphatic rings. The Morgan fingerprint density at radius 2 is 2.35 bits per heavy atom. The van der Waals surface area contributed by atoms with Crippen LogP contribution in [0.4, 0.5) is 5.82 Å². The molecular weight excluding hydrogens is 272 g/mol. The van der Waals surface area contributed by atoms with Crippen molar-refractivity contribution in [3.8, 4) is 0 Å². The van der Waals surface area contributed by atoms with Crippen LogP contribution < -0.4 is 5.32 Å². The van der Waals surface area contributed by atoms with E-state index in [0.29, 0.717) is 0 Å². The molecule has 3 rings (SSSR count). The second-order valence-corrected chi connectivity index (χ2v) is 5.55. The van der Waals surface area contributed by atoms with Crippen LogP contribution in [0.25, 0.3) is 0 Å². The van der Waals surface area contributed by atoms with Crippen LogP contribution in [-0.4, -0.2) is 41.6 Å². The molecule has 20 heavy (non-hydrogen) atoms. The number of aromatic nitrogens is 2. The molecule has 0 aromatic carbocycles. The van der Waals surface area contributed by atoms with Gasteiger partial charge in [0.15, 0.2) is 0 Å². The molecule has 1 aliphatic heterocycles. The van der Waals surface area contributed by atoms with Crippen LogP contribution in [0.3, 0.4) is 0 Å². The number of hydrogen-bond donors (Lipinski definition) is 1. The highest BCUT2D eigenvalue weighted by Gasteiger charge is 2.25. The van der Waals surface area contributed by atoms with E-state index < -0.39 is 0 Å². The SMILES string of the molecule is CNc1nccnc1C1CN(Cc2ccsc2)CCO1. The Labute approximate surface area is 122 Å². The first-order valence-electron chi connectivity index (χ1n) is 6.70. The van der Waals surface area contributed by atoms with Crippen LogP contribution in [-0.2, 0) is 11.3 Å². The maximum Gasteiger partial charge on any atom is 0.150 e. The van der Waals surface area contributed by atoms with Crippen LogP contribution in [0.2, 0.25) is 0 Å². The summed E-state index contributed by atoms with van der Waals surface area (Å²) < 4.78 is 5.87. The summed E-state index contributed by atoms with van der Waals surface area (Å²) in [7, 11) is 1.86. The summed E-state index contributed by atoms with van der Waals surface area (Å²) in [6.45, 7) is 3.51. The van der Waals surface area contributed by atoms with E-state index in [2.05, 4.69) is 37.0 Å². The van der Waals surface area contributed by atoms with Crippen molar-refractivity contribution in [1.82, 2.24) is 14.9 Å². The van der Waals surface area contributed by atoms with Gasteiger partial charge in [-0.05, 0) is 22.4 Å². The molecule has 1 N–H and O–H groups in total. The number of anilines is 1. The summed E-state index contributed by atoms with van der Waals surface area (Å²) >= 11 is 1.74. The number of morpholine rings is 1. The minimum absolute atomic E-state index is 0.0152. The standard InChI is InChI=1S/C14H18N4OS/c1-15-14-13(16-3-4-17-14)12-9-18(5-6-19-12)8-11-2-7-20-10-11/h2-4,7,10,12H,5-6,8-9H2,1H3,(H,15,17). The molecule has 0 aliphatic carbocycles. The molecule has 6 heteroatoms. The van der Waals surface area contributed by atoms with Crippen LogP contribution in [0, 0.1) is 0 Å². The van der Waals surface area contributed by atoms with Gasteiger partial charge < -0.3 is 10.1 Å². The second kappa shape index (κ2) is 6.30. The van der Waals surface area contributed by atoms with Crippen molar-refractivity contribution < 1.29 is 4.74 Å². The molecule has 0 amide bonds. The third kappa shape index (κ3) is 2.98. The number of rotatable bonds is 4. The summed E-state index contributed by atoms with van der Waals surface area (Å²) in [5.74, 6) is 0.801. The average Bonchev–Trinajstić information content (AvgIpc) is 3.00. The van der Waals surface area contributed by atoms with Crippen molar-refractivity contribution >= 4 is 17.2 Å². The number of ether oxygens (including phenoxy) is 1. The molecule has 0 bridgehead atoms. The fourth-order valence-corrected chi connectivity index (χ4v) is 3.09. The van der Waals surface area contributed by atoms with E-state index in [9.17, 15) is 0 Å². The number of hydrogen-bond acceptors (Lipinski definition) is 6. The van der Waals surface area contributed by atoms with Gasteiger partial charge in [0.25, 0.3) is 0 Å². The predicted molar refractivity (Wildman–Crippen MR) is 79.9 cm³/mol. The molecule has 2 aromatic heterocycles. The average molecular weight is 290 g/mol. The zero-order valence-corrected chi connectivity index (χ0v) is 12.3. The second-order valence-electron chi connectivity index (χ2n) is 4.77. The molecule has 5 nitrogen and oxygen atoms in total. The van der Waals surface area contributed by atoms with Crippen molar-refractivity contribution in [3.05, 3.63) is 40.5 Å². The van der Waals surface area contributed by atoms with Gasteiger partial charge in [0, 0.05) is 39.1 Å². The highest BCUT2D eigenvalue weighted by molar-refractivity contribution is 7.07. The smallest absolute Gasteiger partial charge is 0.150 e. The fraction of sp³-hybridized carbons (Fsp3) is 0.429. The van der Waals surface area contributed by atoms with Crippen molar-refractivity contribution in [1.29, 1.82) is 0 Å². The molecule has 1 saturated heterocycles. The van der Waals surface area contributed by atoms with Crippen molar-refractivity contribution in [2.45, 2.75) is 12.6 Å². The van der Waals surface area contributed by atoms with E-state index in [-0.39, 0.29) is 6.10 Å². The van der Waals surface area contributed by atoms with E-state index in [1.165, 1.54) is 5.56 Å². The first-order valence-corrected chi connectivity index (χ1v) is 7.65. The Morgan fingerprint density at radius 1 is 1.45 bits per heavy atom. The van der Waals surface area contributed by atoms with Crippen LogP contribution >= 0.6 is 11.3 Å². The van der Waals surface area contributed by atoms with Gasteiger partial charge in [0.2, 0.25) is 0 Å². The van der Waals surface area contributed by atoms with Gasteiger partial charge in [0.05, 0.1) is 6.61 Å². The highest BCUT2D eigenvalue weighted by atomic mass is 32.1. The summed E-state index contributed by atoms with van der Waals surface area (Å²) in [5.41, 5.74) is 2.26. The summed E-state index contributed by atoms with van der Waals surface area (Å²) in [6.07, 6.45) is 3.40. The first kappa shape index (κ1) is 13.5. The zero-order chi connectivity index (χ0) is 13.8. The third-order valence-corrected chi connectivity index (χ3v) is 4.14. The lowest BCUT2D eigenvalue weighted by Gasteiger charge is -2.32. The van der Waals surface area contributed by atoms with Crippen molar-refractivity contribution in [2.75, 3.05) is 32.1 Å². The Bertz CT molecular complexity index is 546. The molecule has 2 aromatic rings. The molecule has 3 heterocycles. The zero-order valence-electron chi connectivity index (χ0n) is 11.5. The third-order valence-electron chi connectivity index (χ3n) is 3.41. The number of nitrogens with one attached hydrogen (secondary N) is 1. The molecule has 0 radical (unpaired) electrons. The van der Waals surface area contributed by atoms with Crippen LogP contribution in [0.15, 0.2) is 29.2 Å².